The Labute approximate surface area is 247 Å². The lowest BCUT2D eigenvalue weighted by Crippen LogP contribution is -2.45. The lowest BCUT2D eigenvalue weighted by molar-refractivity contribution is -0.146. The normalized spacial score (nSPS) is 24.1. The Kier molecular flexibility index (Phi) is 8.16. The molecule has 2 heterocycles. The van der Waals surface area contributed by atoms with E-state index < -0.39 is 17.6 Å². The van der Waals surface area contributed by atoms with Crippen LogP contribution in [-0.4, -0.2) is 48.0 Å². The molecule has 0 aromatic heterocycles. The molecule has 0 unspecified atom stereocenters. The van der Waals surface area contributed by atoms with Gasteiger partial charge in [0.05, 0.1) is 25.4 Å². The van der Waals surface area contributed by atoms with Crippen LogP contribution in [0.3, 0.4) is 0 Å². The molecular weight excluding hydrogens is 532 g/mol. The summed E-state index contributed by atoms with van der Waals surface area (Å²) in [5.41, 5.74) is 2.67. The zero-order chi connectivity index (χ0) is 30.2. The number of anilines is 2. The van der Waals surface area contributed by atoms with E-state index in [4.69, 9.17) is 9.47 Å². The summed E-state index contributed by atoms with van der Waals surface area (Å²) in [5.74, 6) is -0.0684. The third-order valence-electron chi connectivity index (χ3n) is 9.10. The average molecular weight is 573 g/mol. The molecule has 1 saturated heterocycles. The SMILES string of the molecule is COc1ccc(C(C)(C)[C@@H]2[C@@H](CCO)O[C@]3(C(=O)N(Cc4ccc(NC(=O)[C@H](C)O)cc4)c4ccccc43)[C@H]2C)cc1. The van der Waals surface area contributed by atoms with Gasteiger partial charge in [0.15, 0.2) is 5.60 Å². The molecule has 5 rings (SSSR count). The van der Waals surface area contributed by atoms with E-state index in [2.05, 4.69) is 38.2 Å². The highest BCUT2D eigenvalue weighted by Crippen LogP contribution is 2.59. The molecule has 0 radical (unpaired) electrons. The zero-order valence-corrected chi connectivity index (χ0v) is 24.8. The van der Waals surface area contributed by atoms with Gasteiger partial charge in [0, 0.05) is 29.7 Å². The fraction of sp³-hybridized carbons (Fsp3) is 0.412. The molecule has 3 aromatic rings. The van der Waals surface area contributed by atoms with E-state index in [9.17, 15) is 19.8 Å². The van der Waals surface area contributed by atoms with Gasteiger partial charge in [-0.3, -0.25) is 9.59 Å². The predicted octanol–water partition coefficient (Wildman–Crippen LogP) is 4.77. The molecule has 3 aromatic carbocycles. The Hall–Kier alpha value is -3.72. The second-order valence-electron chi connectivity index (χ2n) is 11.9. The van der Waals surface area contributed by atoms with Crippen molar-refractivity contribution in [3.63, 3.8) is 0 Å². The largest absolute Gasteiger partial charge is 0.497 e. The molecule has 42 heavy (non-hydrogen) atoms. The van der Waals surface area contributed by atoms with Crippen LogP contribution in [0, 0.1) is 11.8 Å². The van der Waals surface area contributed by atoms with Crippen molar-refractivity contribution in [1.82, 2.24) is 0 Å². The van der Waals surface area contributed by atoms with Gasteiger partial charge in [-0.15, -0.1) is 0 Å². The van der Waals surface area contributed by atoms with Crippen molar-refractivity contribution in [3.05, 3.63) is 89.5 Å². The number of nitrogens with one attached hydrogen (secondary N) is 1. The quantitative estimate of drug-likeness (QED) is 0.341. The number of carbonyl (C=O) groups is 2. The highest BCUT2D eigenvalue weighted by atomic mass is 16.5. The number of benzene rings is 3. The van der Waals surface area contributed by atoms with Gasteiger partial charge in [-0.25, -0.2) is 0 Å². The van der Waals surface area contributed by atoms with Gasteiger partial charge in [-0.2, -0.15) is 0 Å². The Morgan fingerprint density at radius 1 is 1.10 bits per heavy atom. The highest BCUT2D eigenvalue weighted by Gasteiger charge is 2.65. The number of nitrogens with zero attached hydrogens (tertiary/aromatic N) is 1. The number of fused-ring (bicyclic) bond motifs is 2. The average Bonchev–Trinajstić information content (AvgIpc) is 3.41. The van der Waals surface area contributed by atoms with E-state index in [1.54, 1.807) is 24.1 Å². The predicted molar refractivity (Wildman–Crippen MR) is 161 cm³/mol. The molecule has 5 atom stereocenters. The van der Waals surface area contributed by atoms with Crippen molar-refractivity contribution in [2.45, 2.75) is 63.9 Å². The van der Waals surface area contributed by atoms with Gasteiger partial charge in [0.25, 0.3) is 11.8 Å². The van der Waals surface area contributed by atoms with Gasteiger partial charge < -0.3 is 29.9 Å². The van der Waals surface area contributed by atoms with Crippen LogP contribution in [0.25, 0.3) is 0 Å². The number of rotatable bonds is 9. The molecule has 0 bridgehead atoms. The first-order chi connectivity index (χ1) is 20.0. The summed E-state index contributed by atoms with van der Waals surface area (Å²) in [5, 5.41) is 22.2. The lowest BCUT2D eigenvalue weighted by atomic mass is 9.63. The van der Waals surface area contributed by atoms with Crippen LogP contribution >= 0.6 is 0 Å². The third kappa shape index (κ3) is 4.97. The van der Waals surface area contributed by atoms with Crippen LogP contribution < -0.4 is 15.0 Å². The van der Waals surface area contributed by atoms with E-state index in [0.29, 0.717) is 18.7 Å². The van der Waals surface area contributed by atoms with Gasteiger partial charge in [-0.05, 0) is 60.2 Å². The molecule has 8 nitrogen and oxygen atoms in total. The molecule has 222 valence electrons. The summed E-state index contributed by atoms with van der Waals surface area (Å²) in [7, 11) is 1.65. The molecule has 2 amide bonds. The van der Waals surface area contributed by atoms with Gasteiger partial charge in [0.1, 0.15) is 11.9 Å². The molecule has 1 fully saturated rings. The van der Waals surface area contributed by atoms with E-state index in [1.165, 1.54) is 6.92 Å². The standard InChI is InChI=1S/C34H40N2O6/c1-21-30(33(3,4)24-12-16-26(41-5)17-13-24)29(18-19-37)42-34(21)27-8-6-7-9-28(27)36(32(34)40)20-23-10-14-25(15-11-23)35-31(39)22(2)38/h6-17,21-22,29-30,37-38H,18-20H2,1-5H3,(H,35,39)/t21-,22-,29+,30-,34+/m0/s1. The minimum Gasteiger partial charge on any atom is -0.497 e. The maximum Gasteiger partial charge on any atom is 0.264 e. The minimum atomic E-state index is -1.18. The van der Waals surface area contributed by atoms with Gasteiger partial charge in [0.2, 0.25) is 0 Å². The van der Waals surface area contributed by atoms with Crippen molar-refractivity contribution >= 4 is 23.2 Å². The van der Waals surface area contributed by atoms with Crippen molar-refractivity contribution in [1.29, 1.82) is 0 Å². The van der Waals surface area contributed by atoms with Crippen LogP contribution in [0.5, 0.6) is 5.75 Å². The number of hydrogen-bond acceptors (Lipinski definition) is 6. The third-order valence-corrected chi connectivity index (χ3v) is 9.10. The van der Waals surface area contributed by atoms with Crippen molar-refractivity contribution in [2.75, 3.05) is 23.9 Å². The number of aliphatic hydroxyl groups excluding tert-OH is 2. The first kappa shape index (κ1) is 29.8. The Balaban J connectivity index is 1.49. The minimum absolute atomic E-state index is 0.0415. The fourth-order valence-corrected chi connectivity index (χ4v) is 6.94. The van der Waals surface area contributed by atoms with E-state index in [0.717, 1.165) is 28.1 Å². The number of methoxy groups -OCH3 is 1. The fourth-order valence-electron chi connectivity index (χ4n) is 6.94. The maximum atomic E-state index is 14.6. The second kappa shape index (κ2) is 11.5. The summed E-state index contributed by atoms with van der Waals surface area (Å²) < 4.78 is 12.2. The number of amides is 2. The number of carbonyl (C=O) groups excluding carboxylic acids is 2. The smallest absolute Gasteiger partial charge is 0.264 e. The summed E-state index contributed by atoms with van der Waals surface area (Å²) >= 11 is 0. The topological polar surface area (TPSA) is 108 Å². The van der Waals surface area contributed by atoms with Crippen molar-refractivity contribution < 1.29 is 29.3 Å². The van der Waals surface area contributed by atoms with Crippen LogP contribution in [0.1, 0.15) is 50.8 Å². The maximum absolute atomic E-state index is 14.6. The molecule has 1 spiro atoms. The van der Waals surface area contributed by atoms with E-state index >= 15 is 0 Å². The van der Waals surface area contributed by atoms with E-state index in [1.807, 2.05) is 48.5 Å². The molecule has 8 heteroatoms. The highest BCUT2D eigenvalue weighted by molar-refractivity contribution is 6.07. The van der Waals surface area contributed by atoms with Crippen LogP contribution in [-0.2, 0) is 31.9 Å². The lowest BCUT2D eigenvalue weighted by Gasteiger charge is -2.38. The molecule has 0 aliphatic carbocycles. The summed E-state index contributed by atoms with van der Waals surface area (Å²) in [6.45, 7) is 8.17. The number of aliphatic hydroxyl groups is 2. The summed E-state index contributed by atoms with van der Waals surface area (Å²) in [4.78, 5) is 28.2. The number of para-hydroxylation sites is 1. The summed E-state index contributed by atoms with van der Waals surface area (Å²) in [6, 6.07) is 23.1. The van der Waals surface area contributed by atoms with Gasteiger partial charge in [-0.1, -0.05) is 63.2 Å². The number of ether oxygens (including phenoxy) is 2. The molecule has 2 aliphatic heterocycles. The van der Waals surface area contributed by atoms with Crippen LogP contribution in [0.15, 0.2) is 72.8 Å². The Bertz CT molecular complexity index is 1440. The Morgan fingerprint density at radius 2 is 1.76 bits per heavy atom. The van der Waals surface area contributed by atoms with Gasteiger partial charge >= 0.3 is 0 Å². The molecule has 3 N–H and O–H groups in total. The van der Waals surface area contributed by atoms with Crippen LogP contribution in [0.2, 0.25) is 0 Å². The zero-order valence-electron chi connectivity index (χ0n) is 24.8. The molecule has 0 saturated carbocycles. The van der Waals surface area contributed by atoms with Crippen molar-refractivity contribution in [3.8, 4) is 5.75 Å². The first-order valence-corrected chi connectivity index (χ1v) is 14.5. The van der Waals surface area contributed by atoms with Crippen LogP contribution in [0.4, 0.5) is 11.4 Å². The van der Waals surface area contributed by atoms with E-state index in [-0.39, 0.29) is 35.9 Å². The van der Waals surface area contributed by atoms with Crippen molar-refractivity contribution in [2.24, 2.45) is 11.8 Å². The molecular formula is C34H40N2O6. The summed E-state index contributed by atoms with van der Waals surface area (Å²) in [6.07, 6.45) is -1.03. The first-order valence-electron chi connectivity index (χ1n) is 14.5. The Morgan fingerprint density at radius 3 is 2.38 bits per heavy atom. The monoisotopic (exact) mass is 572 g/mol. The molecule has 2 aliphatic rings. The second-order valence-corrected chi connectivity index (χ2v) is 11.9. The number of hydrogen-bond donors (Lipinski definition) is 3.